The van der Waals surface area contributed by atoms with Gasteiger partial charge in [0.15, 0.2) is 5.11 Å². The van der Waals surface area contributed by atoms with E-state index in [1.807, 2.05) is 0 Å². The maximum Gasteiger partial charge on any atom is 0.307 e. The SMILES string of the molecule is O=C(O)Cc1ccc(O)c(NC(=S)NC2CCCCC2)c1. The maximum atomic E-state index is 10.7. The molecular formula is C15H20N2O3S. The van der Waals surface area contributed by atoms with Gasteiger partial charge >= 0.3 is 5.97 Å². The molecule has 0 bridgehead atoms. The van der Waals surface area contributed by atoms with Crippen LogP contribution in [0.5, 0.6) is 5.75 Å². The van der Waals surface area contributed by atoms with E-state index in [0.717, 1.165) is 12.8 Å². The molecule has 21 heavy (non-hydrogen) atoms. The van der Waals surface area contributed by atoms with Crippen LogP contribution >= 0.6 is 12.2 Å². The van der Waals surface area contributed by atoms with Gasteiger partial charge in [0, 0.05) is 6.04 Å². The fourth-order valence-electron chi connectivity index (χ4n) is 2.56. The Hall–Kier alpha value is -1.82. The first-order chi connectivity index (χ1) is 10.0. The van der Waals surface area contributed by atoms with Gasteiger partial charge in [-0.05, 0) is 42.8 Å². The van der Waals surface area contributed by atoms with Crippen molar-refractivity contribution in [1.82, 2.24) is 5.32 Å². The maximum absolute atomic E-state index is 10.7. The Morgan fingerprint density at radius 1 is 1.29 bits per heavy atom. The predicted molar refractivity (Wildman–Crippen MR) is 85.7 cm³/mol. The molecule has 5 nitrogen and oxygen atoms in total. The van der Waals surface area contributed by atoms with Crippen molar-refractivity contribution in [2.75, 3.05) is 5.32 Å². The average Bonchev–Trinajstić information content (AvgIpc) is 2.43. The highest BCUT2D eigenvalue weighted by molar-refractivity contribution is 7.80. The van der Waals surface area contributed by atoms with E-state index in [-0.39, 0.29) is 12.2 Å². The predicted octanol–water partition coefficient (Wildman–Crippen LogP) is 2.64. The fraction of sp³-hybridized carbons (Fsp3) is 0.467. The third kappa shape index (κ3) is 4.90. The topological polar surface area (TPSA) is 81.6 Å². The number of carbonyl (C=O) groups is 1. The standard InChI is InChI=1S/C15H20N2O3S/c18-13-7-6-10(9-14(19)20)8-12(13)17-15(21)16-11-4-2-1-3-5-11/h6-8,11,18H,1-5,9H2,(H,19,20)(H2,16,17,21). The number of carboxylic acids is 1. The van der Waals surface area contributed by atoms with Crippen LogP contribution < -0.4 is 10.6 Å². The average molecular weight is 308 g/mol. The van der Waals surface area contributed by atoms with Crippen LogP contribution in [0.25, 0.3) is 0 Å². The Morgan fingerprint density at radius 3 is 2.67 bits per heavy atom. The van der Waals surface area contributed by atoms with Crippen molar-refractivity contribution < 1.29 is 15.0 Å². The summed E-state index contributed by atoms with van der Waals surface area (Å²) in [5, 5.41) is 25.3. The molecule has 6 heteroatoms. The minimum atomic E-state index is -0.908. The molecule has 1 aliphatic carbocycles. The van der Waals surface area contributed by atoms with Crippen molar-refractivity contribution in [1.29, 1.82) is 0 Å². The van der Waals surface area contributed by atoms with Crippen LogP contribution in [0.15, 0.2) is 18.2 Å². The summed E-state index contributed by atoms with van der Waals surface area (Å²) in [5.74, 6) is -0.855. The van der Waals surface area contributed by atoms with E-state index < -0.39 is 5.97 Å². The molecule has 1 fully saturated rings. The number of phenols is 1. The Balaban J connectivity index is 1.97. The lowest BCUT2D eigenvalue weighted by Crippen LogP contribution is -2.38. The van der Waals surface area contributed by atoms with Crippen LogP contribution in [-0.4, -0.2) is 27.3 Å². The monoisotopic (exact) mass is 308 g/mol. The number of aromatic hydroxyl groups is 1. The van der Waals surface area contributed by atoms with Crippen LogP contribution in [0.2, 0.25) is 0 Å². The summed E-state index contributed by atoms with van der Waals surface area (Å²) in [7, 11) is 0. The fourth-order valence-corrected chi connectivity index (χ4v) is 2.84. The lowest BCUT2D eigenvalue weighted by Gasteiger charge is -2.24. The Kier molecular flexibility index (Phi) is 5.38. The molecule has 0 radical (unpaired) electrons. The number of phenolic OH excluding ortho intramolecular Hbond substituents is 1. The molecule has 1 saturated carbocycles. The first-order valence-corrected chi connectivity index (χ1v) is 7.56. The summed E-state index contributed by atoms with van der Waals surface area (Å²) < 4.78 is 0. The summed E-state index contributed by atoms with van der Waals surface area (Å²) in [5.41, 5.74) is 1.05. The number of aliphatic carboxylic acids is 1. The second-order valence-electron chi connectivity index (χ2n) is 5.36. The summed E-state index contributed by atoms with van der Waals surface area (Å²) >= 11 is 5.26. The van der Waals surface area contributed by atoms with E-state index in [2.05, 4.69) is 10.6 Å². The van der Waals surface area contributed by atoms with Gasteiger partial charge in [0.1, 0.15) is 5.75 Å². The normalized spacial score (nSPS) is 15.4. The highest BCUT2D eigenvalue weighted by Gasteiger charge is 2.14. The summed E-state index contributed by atoms with van der Waals surface area (Å²) in [6.45, 7) is 0. The third-order valence-electron chi connectivity index (χ3n) is 3.60. The molecule has 1 aliphatic rings. The van der Waals surface area contributed by atoms with Gasteiger partial charge in [0.25, 0.3) is 0 Å². The van der Waals surface area contributed by atoms with Crippen molar-refractivity contribution in [3.63, 3.8) is 0 Å². The first-order valence-electron chi connectivity index (χ1n) is 7.16. The number of anilines is 1. The lowest BCUT2D eigenvalue weighted by molar-refractivity contribution is -0.136. The van der Waals surface area contributed by atoms with Gasteiger partial charge in [0.2, 0.25) is 0 Å². The zero-order valence-corrected chi connectivity index (χ0v) is 12.6. The van der Waals surface area contributed by atoms with Gasteiger partial charge < -0.3 is 20.8 Å². The molecule has 0 unspecified atom stereocenters. The molecule has 1 aromatic carbocycles. The van der Waals surface area contributed by atoms with Gasteiger partial charge in [-0.25, -0.2) is 0 Å². The second-order valence-corrected chi connectivity index (χ2v) is 5.76. The van der Waals surface area contributed by atoms with Crippen molar-refractivity contribution in [2.45, 2.75) is 44.6 Å². The van der Waals surface area contributed by atoms with Gasteiger partial charge in [0.05, 0.1) is 12.1 Å². The molecule has 0 heterocycles. The van der Waals surface area contributed by atoms with Gasteiger partial charge in [-0.3, -0.25) is 4.79 Å². The summed E-state index contributed by atoms with van der Waals surface area (Å²) in [6, 6.07) is 5.05. The van der Waals surface area contributed by atoms with Crippen LogP contribution in [0.1, 0.15) is 37.7 Å². The number of hydrogen-bond acceptors (Lipinski definition) is 3. The van der Waals surface area contributed by atoms with Crippen LogP contribution in [0.3, 0.4) is 0 Å². The molecule has 0 amide bonds. The van der Waals surface area contributed by atoms with Crippen LogP contribution in [0, 0.1) is 0 Å². The Labute approximate surface area is 129 Å². The summed E-state index contributed by atoms with van der Waals surface area (Å²) in [4.78, 5) is 10.7. The van der Waals surface area contributed by atoms with E-state index in [9.17, 15) is 9.90 Å². The van der Waals surface area contributed by atoms with E-state index in [1.54, 1.807) is 12.1 Å². The van der Waals surface area contributed by atoms with Gasteiger partial charge in [-0.1, -0.05) is 25.3 Å². The number of thiocarbonyl (C=S) groups is 1. The number of nitrogens with one attached hydrogen (secondary N) is 2. The van der Waals surface area contributed by atoms with Crippen LogP contribution in [0.4, 0.5) is 5.69 Å². The van der Waals surface area contributed by atoms with Crippen molar-refractivity contribution >= 4 is 29.0 Å². The first kappa shape index (κ1) is 15.6. The van der Waals surface area contributed by atoms with Crippen molar-refractivity contribution in [2.24, 2.45) is 0 Å². The minimum absolute atomic E-state index is 0.0527. The molecular weight excluding hydrogens is 288 g/mol. The Morgan fingerprint density at radius 2 is 2.00 bits per heavy atom. The second kappa shape index (κ2) is 7.26. The Bertz CT molecular complexity index is 528. The number of hydrogen-bond donors (Lipinski definition) is 4. The highest BCUT2D eigenvalue weighted by Crippen LogP contribution is 2.25. The zero-order valence-electron chi connectivity index (χ0n) is 11.8. The number of carboxylic acid groups (broad SMARTS) is 1. The van der Waals surface area contributed by atoms with E-state index >= 15 is 0 Å². The molecule has 2 rings (SSSR count). The number of benzene rings is 1. The molecule has 0 spiro atoms. The van der Waals surface area contributed by atoms with Gasteiger partial charge in [-0.15, -0.1) is 0 Å². The molecule has 0 aromatic heterocycles. The minimum Gasteiger partial charge on any atom is -0.506 e. The molecule has 114 valence electrons. The van der Waals surface area contributed by atoms with Crippen LogP contribution in [-0.2, 0) is 11.2 Å². The van der Waals surface area contributed by atoms with Crippen molar-refractivity contribution in [3.05, 3.63) is 23.8 Å². The highest BCUT2D eigenvalue weighted by atomic mass is 32.1. The van der Waals surface area contributed by atoms with Crippen molar-refractivity contribution in [3.8, 4) is 5.75 Å². The van der Waals surface area contributed by atoms with Gasteiger partial charge in [-0.2, -0.15) is 0 Å². The lowest BCUT2D eigenvalue weighted by atomic mass is 9.96. The number of rotatable bonds is 4. The third-order valence-corrected chi connectivity index (χ3v) is 3.82. The zero-order chi connectivity index (χ0) is 15.2. The van der Waals surface area contributed by atoms with E-state index in [0.29, 0.717) is 22.4 Å². The van der Waals surface area contributed by atoms with E-state index in [1.165, 1.54) is 25.3 Å². The quantitative estimate of drug-likeness (QED) is 0.506. The molecule has 4 N–H and O–H groups in total. The smallest absolute Gasteiger partial charge is 0.307 e. The summed E-state index contributed by atoms with van der Waals surface area (Å²) in [6.07, 6.45) is 5.81. The molecule has 0 atom stereocenters. The largest absolute Gasteiger partial charge is 0.506 e. The molecule has 0 aliphatic heterocycles. The molecule has 1 aromatic rings. The molecule has 0 saturated heterocycles. The van der Waals surface area contributed by atoms with E-state index in [4.69, 9.17) is 17.3 Å².